The minimum atomic E-state index is -3.50. The van der Waals surface area contributed by atoms with Crippen LogP contribution in [-0.2, 0) is 20.2 Å². The first-order valence-corrected chi connectivity index (χ1v) is 13.1. The zero-order valence-corrected chi connectivity index (χ0v) is 20.6. The standard InChI is InChI=1S/C24H28N4O3S2/c1-24(2,3)20-8-4-18(5-9-20)16-25-27-23-26-22(17-32-23)19-6-10-21(11-7-19)33(29,30)28-12-14-31-15-13-28/h4-11,16-17H,12-15H2,1-3H3,(H,26,27)/b25-16-. The molecule has 0 saturated carbocycles. The molecule has 0 amide bonds. The van der Waals surface area contributed by atoms with Gasteiger partial charge in [-0.1, -0.05) is 57.2 Å². The monoisotopic (exact) mass is 484 g/mol. The highest BCUT2D eigenvalue weighted by Gasteiger charge is 2.26. The number of aromatic nitrogens is 1. The summed E-state index contributed by atoms with van der Waals surface area (Å²) < 4.78 is 32.3. The number of benzene rings is 2. The van der Waals surface area contributed by atoms with Gasteiger partial charge in [0.15, 0.2) is 0 Å². The summed E-state index contributed by atoms with van der Waals surface area (Å²) in [5.74, 6) is 0. The van der Waals surface area contributed by atoms with E-state index in [0.717, 1.165) is 16.8 Å². The molecular weight excluding hydrogens is 456 g/mol. The van der Waals surface area contributed by atoms with Crippen molar-refractivity contribution in [3.05, 3.63) is 65.0 Å². The highest BCUT2D eigenvalue weighted by atomic mass is 32.2. The van der Waals surface area contributed by atoms with Crippen molar-refractivity contribution < 1.29 is 13.2 Å². The molecule has 1 fully saturated rings. The Labute approximate surface area is 199 Å². The van der Waals surface area contributed by atoms with Crippen LogP contribution >= 0.6 is 11.3 Å². The number of rotatable bonds is 6. The van der Waals surface area contributed by atoms with Gasteiger partial charge < -0.3 is 4.74 Å². The molecule has 0 spiro atoms. The lowest BCUT2D eigenvalue weighted by atomic mass is 9.87. The van der Waals surface area contributed by atoms with E-state index in [1.807, 2.05) is 17.5 Å². The number of hydrogen-bond donors (Lipinski definition) is 1. The molecule has 1 aromatic heterocycles. The predicted octanol–water partition coefficient (Wildman–Crippen LogP) is 4.57. The van der Waals surface area contributed by atoms with Crippen LogP contribution in [0, 0.1) is 0 Å². The van der Waals surface area contributed by atoms with E-state index in [4.69, 9.17) is 4.74 Å². The molecule has 9 heteroatoms. The number of ether oxygens (including phenoxy) is 1. The maximum atomic E-state index is 12.8. The molecule has 1 aliphatic rings. The Kier molecular flexibility index (Phi) is 6.94. The molecule has 2 aromatic carbocycles. The second-order valence-corrected chi connectivity index (χ2v) is 11.6. The fraction of sp³-hybridized carbons (Fsp3) is 0.333. The van der Waals surface area contributed by atoms with E-state index in [1.54, 1.807) is 30.5 Å². The lowest BCUT2D eigenvalue weighted by Gasteiger charge is -2.26. The second-order valence-electron chi connectivity index (χ2n) is 8.82. The topological polar surface area (TPSA) is 83.9 Å². The first-order chi connectivity index (χ1) is 15.7. The smallest absolute Gasteiger partial charge is 0.243 e. The minimum absolute atomic E-state index is 0.121. The summed E-state index contributed by atoms with van der Waals surface area (Å²) in [6.07, 6.45) is 1.76. The van der Waals surface area contributed by atoms with Crippen molar-refractivity contribution >= 4 is 32.7 Å². The predicted molar refractivity (Wildman–Crippen MR) is 133 cm³/mol. The number of thiazole rings is 1. The highest BCUT2D eigenvalue weighted by Crippen LogP contribution is 2.27. The van der Waals surface area contributed by atoms with Gasteiger partial charge in [-0.25, -0.2) is 13.4 Å². The molecule has 174 valence electrons. The SMILES string of the molecule is CC(C)(C)c1ccc(/C=N\Nc2nc(-c3ccc(S(=O)(=O)N4CCOCC4)cc3)cs2)cc1. The molecular formula is C24H28N4O3S2. The van der Waals surface area contributed by atoms with Crippen LogP contribution in [0.3, 0.4) is 0 Å². The molecule has 1 N–H and O–H groups in total. The molecule has 3 aromatic rings. The normalized spacial score (nSPS) is 15.7. The van der Waals surface area contributed by atoms with E-state index in [1.165, 1.54) is 21.2 Å². The Hall–Kier alpha value is -2.59. The lowest BCUT2D eigenvalue weighted by molar-refractivity contribution is 0.0730. The fourth-order valence-corrected chi connectivity index (χ4v) is 5.50. The number of hydrogen-bond acceptors (Lipinski definition) is 7. The average molecular weight is 485 g/mol. The van der Waals surface area contributed by atoms with Crippen LogP contribution in [-0.4, -0.2) is 50.2 Å². The summed E-state index contributed by atoms with van der Waals surface area (Å²) in [5.41, 5.74) is 6.99. The highest BCUT2D eigenvalue weighted by molar-refractivity contribution is 7.89. The Morgan fingerprint density at radius 1 is 1.06 bits per heavy atom. The van der Waals surface area contributed by atoms with Crippen LogP contribution in [0.1, 0.15) is 31.9 Å². The summed E-state index contributed by atoms with van der Waals surface area (Å²) in [6.45, 7) is 8.18. The Morgan fingerprint density at radius 3 is 2.36 bits per heavy atom. The summed E-state index contributed by atoms with van der Waals surface area (Å²) in [4.78, 5) is 4.84. The van der Waals surface area contributed by atoms with Gasteiger partial charge in [-0.05, 0) is 28.7 Å². The van der Waals surface area contributed by atoms with Crippen LogP contribution in [0.5, 0.6) is 0 Å². The third kappa shape index (κ3) is 5.67. The first kappa shape index (κ1) is 23.6. The van der Waals surface area contributed by atoms with E-state index in [9.17, 15) is 8.42 Å². The molecule has 0 bridgehead atoms. The summed E-state index contributed by atoms with van der Waals surface area (Å²) in [5, 5.41) is 6.87. The zero-order chi connectivity index (χ0) is 23.5. The lowest BCUT2D eigenvalue weighted by Crippen LogP contribution is -2.40. The van der Waals surface area contributed by atoms with Crippen LogP contribution in [0.4, 0.5) is 5.13 Å². The van der Waals surface area contributed by atoms with Crippen LogP contribution in [0.2, 0.25) is 0 Å². The van der Waals surface area contributed by atoms with E-state index < -0.39 is 10.0 Å². The van der Waals surface area contributed by atoms with Gasteiger partial charge in [0.25, 0.3) is 0 Å². The quantitative estimate of drug-likeness (QED) is 0.409. The van der Waals surface area contributed by atoms with E-state index >= 15 is 0 Å². The number of morpholine rings is 1. The molecule has 0 unspecified atom stereocenters. The second kappa shape index (κ2) is 9.72. The van der Waals surface area contributed by atoms with Crippen LogP contribution in [0.15, 0.2) is 63.9 Å². The fourth-order valence-electron chi connectivity index (χ4n) is 3.42. The van der Waals surface area contributed by atoms with Gasteiger partial charge in [-0.3, -0.25) is 5.43 Å². The van der Waals surface area contributed by atoms with Crippen molar-refractivity contribution in [2.75, 3.05) is 31.7 Å². The third-order valence-electron chi connectivity index (χ3n) is 5.41. The van der Waals surface area contributed by atoms with Crippen LogP contribution in [0.25, 0.3) is 11.3 Å². The van der Waals surface area contributed by atoms with Gasteiger partial charge in [0.05, 0.1) is 30.0 Å². The minimum Gasteiger partial charge on any atom is -0.379 e. The van der Waals surface area contributed by atoms with E-state index in [0.29, 0.717) is 31.4 Å². The first-order valence-electron chi connectivity index (χ1n) is 10.8. The van der Waals surface area contributed by atoms with Gasteiger partial charge >= 0.3 is 0 Å². The number of sulfonamides is 1. The molecule has 0 atom stereocenters. The number of anilines is 1. The molecule has 7 nitrogen and oxygen atoms in total. The summed E-state index contributed by atoms with van der Waals surface area (Å²) in [7, 11) is -3.50. The van der Waals surface area contributed by atoms with Crippen molar-refractivity contribution in [1.29, 1.82) is 0 Å². The third-order valence-corrected chi connectivity index (χ3v) is 8.07. The zero-order valence-electron chi connectivity index (χ0n) is 19.0. The Bertz CT molecular complexity index is 1210. The summed E-state index contributed by atoms with van der Waals surface area (Å²) in [6, 6.07) is 15.2. The van der Waals surface area contributed by atoms with Crippen molar-refractivity contribution in [1.82, 2.24) is 9.29 Å². The van der Waals surface area contributed by atoms with E-state index in [-0.39, 0.29) is 10.3 Å². The molecule has 1 aliphatic heterocycles. The number of nitrogens with one attached hydrogen (secondary N) is 1. The largest absolute Gasteiger partial charge is 0.379 e. The molecule has 0 radical (unpaired) electrons. The maximum absolute atomic E-state index is 12.8. The number of hydrazone groups is 1. The molecule has 2 heterocycles. The van der Waals surface area contributed by atoms with Crippen LogP contribution < -0.4 is 5.43 Å². The van der Waals surface area contributed by atoms with Crippen molar-refractivity contribution in [3.8, 4) is 11.3 Å². The summed E-state index contributed by atoms with van der Waals surface area (Å²) >= 11 is 1.44. The van der Waals surface area contributed by atoms with E-state index in [2.05, 4.69) is 48.4 Å². The van der Waals surface area contributed by atoms with Gasteiger partial charge in [-0.2, -0.15) is 9.41 Å². The van der Waals surface area contributed by atoms with Gasteiger partial charge in [-0.15, -0.1) is 11.3 Å². The molecule has 4 rings (SSSR count). The number of nitrogens with zero attached hydrogens (tertiary/aromatic N) is 3. The maximum Gasteiger partial charge on any atom is 0.243 e. The Balaban J connectivity index is 1.39. The molecule has 1 saturated heterocycles. The molecule has 0 aliphatic carbocycles. The van der Waals surface area contributed by atoms with Gasteiger partial charge in [0.2, 0.25) is 15.2 Å². The Morgan fingerprint density at radius 2 is 1.73 bits per heavy atom. The molecule has 33 heavy (non-hydrogen) atoms. The van der Waals surface area contributed by atoms with Crippen molar-refractivity contribution in [2.45, 2.75) is 31.1 Å². The van der Waals surface area contributed by atoms with Crippen molar-refractivity contribution in [2.24, 2.45) is 5.10 Å². The van der Waals surface area contributed by atoms with Gasteiger partial charge in [0, 0.05) is 24.0 Å². The van der Waals surface area contributed by atoms with Crippen molar-refractivity contribution in [3.63, 3.8) is 0 Å². The average Bonchev–Trinajstić information content (AvgIpc) is 3.28. The van der Waals surface area contributed by atoms with Gasteiger partial charge in [0.1, 0.15) is 0 Å².